The minimum absolute atomic E-state index is 0.0124. The molecule has 2 aliphatic rings. The number of rotatable bonds is 4. The molecule has 2 heterocycles. The van der Waals surface area contributed by atoms with Gasteiger partial charge in [0, 0.05) is 24.1 Å². The number of amides is 1. The lowest BCUT2D eigenvalue weighted by Gasteiger charge is -2.41. The highest BCUT2D eigenvalue weighted by molar-refractivity contribution is 6.00. The quantitative estimate of drug-likeness (QED) is 0.689. The normalized spacial score (nSPS) is 16.7. The van der Waals surface area contributed by atoms with Gasteiger partial charge < -0.3 is 10.2 Å². The van der Waals surface area contributed by atoms with Gasteiger partial charge in [-0.25, -0.2) is 14.4 Å². The molecule has 152 valence electrons. The van der Waals surface area contributed by atoms with Crippen molar-refractivity contribution >= 4 is 23.1 Å². The van der Waals surface area contributed by atoms with Gasteiger partial charge in [0.05, 0.1) is 5.41 Å². The molecule has 0 spiro atoms. The number of aromatic nitrogens is 2. The Balaban J connectivity index is 1.42. The number of hydrogen-bond donors (Lipinski definition) is 1. The Hall–Kier alpha value is -3.28. The molecule has 0 radical (unpaired) electrons. The number of hydrogen-bond acceptors (Lipinski definition) is 4. The number of aryl methyl sites for hydroxylation is 1. The number of benzene rings is 2. The fourth-order valence-electron chi connectivity index (χ4n) is 4.49. The van der Waals surface area contributed by atoms with Crippen LogP contribution in [0.15, 0.2) is 54.7 Å². The van der Waals surface area contributed by atoms with E-state index in [4.69, 9.17) is 0 Å². The van der Waals surface area contributed by atoms with Gasteiger partial charge in [-0.1, -0.05) is 18.6 Å². The number of nitrogens with one attached hydrogen (secondary N) is 1. The van der Waals surface area contributed by atoms with Gasteiger partial charge in [-0.05, 0) is 73.7 Å². The van der Waals surface area contributed by atoms with Crippen LogP contribution in [0.3, 0.4) is 0 Å². The molecule has 1 aliphatic heterocycles. The summed E-state index contributed by atoms with van der Waals surface area (Å²) in [6, 6.07) is 14.2. The standard InChI is InChI=1S/C24H23FN4O/c1-16-26-13-9-22(27-16)29-14-10-17-15-18(3-8-21(17)29)24(11-2-12-24)23(30)28-20-6-4-19(25)5-7-20/h3-9,13,15H,2,10-12,14H2,1H3,(H,28,30). The second kappa shape index (κ2) is 7.20. The molecule has 1 N–H and O–H groups in total. The molecule has 1 fully saturated rings. The van der Waals surface area contributed by atoms with E-state index in [1.807, 2.05) is 13.0 Å². The monoisotopic (exact) mass is 402 g/mol. The van der Waals surface area contributed by atoms with Gasteiger partial charge in [-0.2, -0.15) is 0 Å². The zero-order chi connectivity index (χ0) is 20.7. The van der Waals surface area contributed by atoms with Gasteiger partial charge in [0.2, 0.25) is 5.91 Å². The third kappa shape index (κ3) is 3.12. The van der Waals surface area contributed by atoms with Crippen molar-refractivity contribution in [2.45, 2.75) is 38.0 Å². The number of anilines is 3. The van der Waals surface area contributed by atoms with Crippen LogP contribution < -0.4 is 10.2 Å². The van der Waals surface area contributed by atoms with Crippen molar-refractivity contribution in [3.05, 3.63) is 77.5 Å². The lowest BCUT2D eigenvalue weighted by Crippen LogP contribution is -2.46. The van der Waals surface area contributed by atoms with Crippen molar-refractivity contribution in [2.24, 2.45) is 0 Å². The van der Waals surface area contributed by atoms with E-state index in [1.165, 1.54) is 17.7 Å². The first kappa shape index (κ1) is 18.7. The molecular weight excluding hydrogens is 379 g/mol. The molecule has 0 saturated heterocycles. The van der Waals surface area contributed by atoms with Gasteiger partial charge in [0.1, 0.15) is 17.5 Å². The average molecular weight is 402 g/mol. The molecule has 0 unspecified atom stereocenters. The van der Waals surface area contributed by atoms with Crippen molar-refractivity contribution in [2.75, 3.05) is 16.8 Å². The lowest BCUT2D eigenvalue weighted by atomic mass is 9.63. The summed E-state index contributed by atoms with van der Waals surface area (Å²) in [4.78, 5) is 24.1. The zero-order valence-corrected chi connectivity index (χ0v) is 16.9. The number of carbonyl (C=O) groups excluding carboxylic acids is 1. The van der Waals surface area contributed by atoms with Crippen LogP contribution in [0, 0.1) is 12.7 Å². The van der Waals surface area contributed by atoms with Crippen LogP contribution in [0.5, 0.6) is 0 Å². The molecule has 2 aromatic carbocycles. The van der Waals surface area contributed by atoms with Crippen molar-refractivity contribution in [3.8, 4) is 0 Å². The van der Waals surface area contributed by atoms with Crippen molar-refractivity contribution < 1.29 is 9.18 Å². The summed E-state index contributed by atoms with van der Waals surface area (Å²) in [5.41, 5.74) is 3.56. The maximum absolute atomic E-state index is 13.2. The number of halogens is 1. The molecule has 5 rings (SSSR count). The van der Waals surface area contributed by atoms with Crippen LogP contribution in [-0.2, 0) is 16.6 Å². The number of fused-ring (bicyclic) bond motifs is 1. The van der Waals surface area contributed by atoms with Crippen LogP contribution in [0.2, 0.25) is 0 Å². The summed E-state index contributed by atoms with van der Waals surface area (Å²) in [5, 5.41) is 2.99. The van der Waals surface area contributed by atoms with Crippen molar-refractivity contribution in [3.63, 3.8) is 0 Å². The summed E-state index contributed by atoms with van der Waals surface area (Å²) in [6.45, 7) is 2.76. The molecule has 1 saturated carbocycles. The van der Waals surface area contributed by atoms with E-state index >= 15 is 0 Å². The van der Waals surface area contributed by atoms with Gasteiger partial charge in [-0.3, -0.25) is 4.79 Å². The summed E-state index contributed by atoms with van der Waals surface area (Å²) >= 11 is 0. The number of nitrogens with zero attached hydrogens (tertiary/aromatic N) is 3. The molecule has 0 bridgehead atoms. The van der Waals surface area contributed by atoms with Gasteiger partial charge >= 0.3 is 0 Å². The van der Waals surface area contributed by atoms with E-state index in [9.17, 15) is 9.18 Å². The Kier molecular flexibility index (Phi) is 4.50. The topological polar surface area (TPSA) is 58.1 Å². The van der Waals surface area contributed by atoms with E-state index in [2.05, 4.69) is 38.4 Å². The first-order chi connectivity index (χ1) is 14.5. The first-order valence-electron chi connectivity index (χ1n) is 10.3. The molecule has 3 aromatic rings. The highest BCUT2D eigenvalue weighted by Crippen LogP contribution is 2.46. The number of carbonyl (C=O) groups is 1. The SMILES string of the molecule is Cc1nccc(N2CCc3cc(C4(C(=O)Nc5ccc(F)cc5)CCC4)ccc32)n1. The Morgan fingerprint density at radius 3 is 2.63 bits per heavy atom. The maximum Gasteiger partial charge on any atom is 0.235 e. The first-order valence-corrected chi connectivity index (χ1v) is 10.3. The van der Waals surface area contributed by atoms with Gasteiger partial charge in [0.25, 0.3) is 0 Å². The Labute approximate surface area is 175 Å². The molecule has 6 heteroatoms. The van der Waals surface area contributed by atoms with E-state index in [-0.39, 0.29) is 11.7 Å². The summed E-state index contributed by atoms with van der Waals surface area (Å²) in [6.07, 6.45) is 5.39. The van der Waals surface area contributed by atoms with E-state index in [0.29, 0.717) is 5.69 Å². The fraction of sp³-hybridized carbons (Fsp3) is 0.292. The van der Waals surface area contributed by atoms with Gasteiger partial charge in [-0.15, -0.1) is 0 Å². The van der Waals surface area contributed by atoms with Crippen LogP contribution in [0.25, 0.3) is 0 Å². The molecule has 0 atom stereocenters. The highest BCUT2D eigenvalue weighted by Gasteiger charge is 2.46. The van der Waals surface area contributed by atoms with Crippen LogP contribution in [0.1, 0.15) is 36.2 Å². The molecule has 1 aliphatic carbocycles. The van der Waals surface area contributed by atoms with Gasteiger partial charge in [0.15, 0.2) is 0 Å². The summed E-state index contributed by atoms with van der Waals surface area (Å²) < 4.78 is 13.2. The predicted octanol–water partition coefficient (Wildman–Crippen LogP) is 4.68. The maximum atomic E-state index is 13.2. The molecule has 1 aromatic heterocycles. The smallest absolute Gasteiger partial charge is 0.235 e. The Bertz CT molecular complexity index is 1110. The van der Waals surface area contributed by atoms with E-state index in [0.717, 1.165) is 55.1 Å². The van der Waals surface area contributed by atoms with Crippen LogP contribution >= 0.6 is 0 Å². The molecular formula is C24H23FN4O. The predicted molar refractivity (Wildman–Crippen MR) is 114 cm³/mol. The molecule has 5 nitrogen and oxygen atoms in total. The molecule has 1 amide bonds. The lowest BCUT2D eigenvalue weighted by molar-refractivity contribution is -0.124. The van der Waals surface area contributed by atoms with E-state index < -0.39 is 5.41 Å². The van der Waals surface area contributed by atoms with Crippen LogP contribution in [-0.4, -0.2) is 22.4 Å². The highest BCUT2D eigenvalue weighted by atomic mass is 19.1. The third-order valence-corrected chi connectivity index (χ3v) is 6.31. The third-order valence-electron chi connectivity index (χ3n) is 6.31. The average Bonchev–Trinajstić information content (AvgIpc) is 3.12. The largest absolute Gasteiger partial charge is 0.326 e. The van der Waals surface area contributed by atoms with E-state index in [1.54, 1.807) is 18.3 Å². The summed E-state index contributed by atoms with van der Waals surface area (Å²) in [5.74, 6) is 1.33. The zero-order valence-electron chi connectivity index (χ0n) is 16.9. The van der Waals surface area contributed by atoms with Crippen LogP contribution in [0.4, 0.5) is 21.6 Å². The summed E-state index contributed by atoms with van der Waals surface area (Å²) in [7, 11) is 0. The second-order valence-electron chi connectivity index (χ2n) is 8.10. The minimum atomic E-state index is -0.512. The molecule has 30 heavy (non-hydrogen) atoms. The second-order valence-corrected chi connectivity index (χ2v) is 8.10. The van der Waals surface area contributed by atoms with Crippen molar-refractivity contribution in [1.82, 2.24) is 9.97 Å². The Morgan fingerprint density at radius 1 is 1.13 bits per heavy atom. The van der Waals surface area contributed by atoms with Crippen molar-refractivity contribution in [1.29, 1.82) is 0 Å². The Morgan fingerprint density at radius 2 is 1.93 bits per heavy atom. The fourth-order valence-corrected chi connectivity index (χ4v) is 4.49. The minimum Gasteiger partial charge on any atom is -0.326 e.